The molecule has 12 nitrogen and oxygen atoms in total. The summed E-state index contributed by atoms with van der Waals surface area (Å²) in [5, 5.41) is 45.4. The van der Waals surface area contributed by atoms with E-state index >= 15 is 0 Å². The minimum atomic E-state index is -1.81. The number of carbonyl (C=O) groups is 1. The smallest absolute Gasteiger partial charge is 0.252 e. The van der Waals surface area contributed by atoms with Crippen molar-refractivity contribution in [1.29, 1.82) is 0 Å². The van der Waals surface area contributed by atoms with Crippen LogP contribution in [0.25, 0.3) is 22.3 Å². The summed E-state index contributed by atoms with van der Waals surface area (Å²) in [7, 11) is 4.26. The number of aliphatic hydroxyl groups is 4. The summed E-state index contributed by atoms with van der Waals surface area (Å²) in [5.41, 5.74) is 1.02. The highest BCUT2D eigenvalue weighted by Crippen LogP contribution is 2.43. The molecule has 5 unspecified atom stereocenters. The van der Waals surface area contributed by atoms with E-state index in [1.807, 2.05) is 6.07 Å². The zero-order valence-electron chi connectivity index (χ0n) is 24.2. The minimum Gasteiger partial charge on any atom is -0.495 e. The van der Waals surface area contributed by atoms with Crippen molar-refractivity contribution in [2.75, 3.05) is 21.3 Å². The maximum atomic E-state index is 13.5. The van der Waals surface area contributed by atoms with Crippen LogP contribution < -0.4 is 25.0 Å². The van der Waals surface area contributed by atoms with Crippen molar-refractivity contribution in [2.24, 2.45) is 0 Å². The Morgan fingerprint density at radius 3 is 2.27 bits per heavy atom. The zero-order chi connectivity index (χ0) is 31.5. The predicted octanol–water partition coefficient (Wildman–Crippen LogP) is 1.82. The molecule has 12 heteroatoms. The lowest BCUT2D eigenvalue weighted by Gasteiger charge is -2.41. The van der Waals surface area contributed by atoms with E-state index in [0.717, 1.165) is 5.56 Å². The van der Waals surface area contributed by atoms with Gasteiger partial charge in [-0.25, -0.2) is 0 Å². The molecule has 5 atom stereocenters. The molecule has 1 aliphatic rings. The Balaban J connectivity index is 1.56. The lowest BCUT2D eigenvalue weighted by Crippen LogP contribution is -2.58. The molecule has 3 aromatic carbocycles. The monoisotopic (exact) mass is 607 g/mol. The second kappa shape index (κ2) is 13.0. The molecule has 0 spiro atoms. The largest absolute Gasteiger partial charge is 0.495 e. The molecule has 5 N–H and O–H groups in total. The minimum absolute atomic E-state index is 0.0213. The van der Waals surface area contributed by atoms with E-state index in [2.05, 4.69) is 5.32 Å². The number of hydrogen-bond donors (Lipinski definition) is 5. The summed E-state index contributed by atoms with van der Waals surface area (Å²) in [6.07, 6.45) is -8.41. The Hall–Kier alpha value is -4.46. The summed E-state index contributed by atoms with van der Waals surface area (Å²) in [6.45, 7) is -0.484. The van der Waals surface area contributed by atoms with Gasteiger partial charge in [0.2, 0.25) is 0 Å². The summed E-state index contributed by atoms with van der Waals surface area (Å²) in [6, 6.07) is 16.7. The van der Waals surface area contributed by atoms with Gasteiger partial charge in [0, 0.05) is 23.7 Å². The molecular weight excluding hydrogens is 574 g/mol. The van der Waals surface area contributed by atoms with Crippen molar-refractivity contribution in [3.8, 4) is 28.6 Å². The Morgan fingerprint density at radius 2 is 1.61 bits per heavy atom. The van der Waals surface area contributed by atoms with Gasteiger partial charge in [-0.1, -0.05) is 30.3 Å². The second-order valence-electron chi connectivity index (χ2n) is 10.2. The molecule has 2 heterocycles. The van der Waals surface area contributed by atoms with Crippen molar-refractivity contribution in [2.45, 2.75) is 43.7 Å². The first-order valence-corrected chi connectivity index (χ1v) is 13.7. The average molecular weight is 608 g/mol. The molecule has 0 radical (unpaired) electrons. The third kappa shape index (κ3) is 5.73. The number of aliphatic hydroxyl groups excluding tert-OH is 4. The number of amides is 1. The maximum absolute atomic E-state index is 13.5. The van der Waals surface area contributed by atoms with Crippen LogP contribution in [0.1, 0.15) is 22.8 Å². The van der Waals surface area contributed by atoms with Gasteiger partial charge in [-0.15, -0.1) is 0 Å². The quantitative estimate of drug-likeness (QED) is 0.188. The van der Waals surface area contributed by atoms with E-state index in [-0.39, 0.29) is 40.2 Å². The number of carbonyl (C=O) groups excluding carboxylic acids is 1. The van der Waals surface area contributed by atoms with E-state index in [9.17, 15) is 30.0 Å². The van der Waals surface area contributed by atoms with Gasteiger partial charge in [-0.3, -0.25) is 9.59 Å². The van der Waals surface area contributed by atoms with Crippen LogP contribution in [0, 0.1) is 0 Å². The third-order valence-electron chi connectivity index (χ3n) is 7.61. The molecule has 1 fully saturated rings. The van der Waals surface area contributed by atoms with Gasteiger partial charge in [0.25, 0.3) is 5.91 Å². The number of benzene rings is 3. The third-order valence-corrected chi connectivity index (χ3v) is 7.61. The maximum Gasteiger partial charge on any atom is 0.252 e. The summed E-state index contributed by atoms with van der Waals surface area (Å²) >= 11 is 0. The van der Waals surface area contributed by atoms with Gasteiger partial charge in [0.15, 0.2) is 23.0 Å². The Kier molecular flexibility index (Phi) is 9.18. The number of ether oxygens (including phenoxy) is 4. The molecule has 232 valence electrons. The molecule has 1 aromatic heterocycles. The van der Waals surface area contributed by atoms with Gasteiger partial charge in [0.05, 0.1) is 27.9 Å². The molecule has 4 aromatic rings. The van der Waals surface area contributed by atoms with Crippen molar-refractivity contribution in [1.82, 2.24) is 5.32 Å². The van der Waals surface area contributed by atoms with Crippen LogP contribution in [0.2, 0.25) is 0 Å². The van der Waals surface area contributed by atoms with Crippen molar-refractivity contribution < 1.29 is 48.6 Å². The highest BCUT2D eigenvalue weighted by atomic mass is 16.5. The van der Waals surface area contributed by atoms with Crippen molar-refractivity contribution in [3.63, 3.8) is 0 Å². The summed E-state index contributed by atoms with van der Waals surface area (Å²) in [5.74, 6) is 0.281. The Bertz CT molecular complexity index is 1700. The fourth-order valence-corrected chi connectivity index (χ4v) is 5.36. The molecular formula is C32H33NO11. The molecule has 44 heavy (non-hydrogen) atoms. The molecule has 0 bridgehead atoms. The van der Waals surface area contributed by atoms with Crippen LogP contribution in [0.15, 0.2) is 69.9 Å². The van der Waals surface area contributed by atoms with E-state index in [1.54, 1.807) is 42.5 Å². The summed E-state index contributed by atoms with van der Waals surface area (Å²) < 4.78 is 28.2. The normalized spacial score (nSPS) is 21.6. The number of fused-ring (bicyclic) bond motifs is 1. The second-order valence-corrected chi connectivity index (χ2v) is 10.2. The first-order chi connectivity index (χ1) is 21.2. The van der Waals surface area contributed by atoms with Crippen molar-refractivity contribution in [3.05, 3.63) is 87.6 Å². The van der Waals surface area contributed by atoms with E-state index < -0.39 is 48.5 Å². The Morgan fingerprint density at radius 1 is 0.886 bits per heavy atom. The molecule has 5 rings (SSSR count). The predicted molar refractivity (Wildman–Crippen MR) is 157 cm³/mol. The van der Waals surface area contributed by atoms with Crippen LogP contribution in [0.3, 0.4) is 0 Å². The highest BCUT2D eigenvalue weighted by Gasteiger charge is 2.48. The lowest BCUT2D eigenvalue weighted by molar-refractivity contribution is -0.223. The fraction of sp³-hybridized carbons (Fsp3) is 0.312. The van der Waals surface area contributed by atoms with Gasteiger partial charge < -0.3 is 49.1 Å². The van der Waals surface area contributed by atoms with Gasteiger partial charge in [-0.05, 0) is 35.4 Å². The first-order valence-electron chi connectivity index (χ1n) is 13.7. The molecule has 0 saturated carbocycles. The lowest BCUT2D eigenvalue weighted by atomic mass is 9.87. The number of nitrogens with one attached hydrogen (secondary N) is 1. The van der Waals surface area contributed by atoms with Crippen LogP contribution in [0.5, 0.6) is 17.2 Å². The number of hydrogen-bond acceptors (Lipinski definition) is 11. The molecule has 0 aliphatic carbocycles. The van der Waals surface area contributed by atoms with E-state index in [1.165, 1.54) is 33.5 Å². The first kappa shape index (κ1) is 31.0. The number of methoxy groups -OCH3 is 3. The van der Waals surface area contributed by atoms with Crippen LogP contribution in [-0.2, 0) is 22.7 Å². The van der Waals surface area contributed by atoms with Gasteiger partial charge >= 0.3 is 0 Å². The van der Waals surface area contributed by atoms with Crippen LogP contribution >= 0.6 is 0 Å². The molecule has 1 saturated heterocycles. The number of rotatable bonds is 9. The topological polar surface area (TPSA) is 177 Å². The van der Waals surface area contributed by atoms with Gasteiger partial charge in [0.1, 0.15) is 46.9 Å². The van der Waals surface area contributed by atoms with Gasteiger partial charge in [-0.2, -0.15) is 0 Å². The SMILES string of the molecule is COc1ccc(-c2cc(=O)c3c(OC)c(C4OC(C(=O)NCc5ccccc5)C(O)C(O)C4O)c(CO)cc3o2)cc1OC. The highest BCUT2D eigenvalue weighted by molar-refractivity contribution is 5.88. The standard InChI is InChI=1S/C32H33NO11/c1-40-20-10-9-17(11-22(20)41-2)21-13-19(35)25-23(43-21)12-18(15-34)24(29(25)42-3)30-27(37)26(36)28(38)31(44-30)32(39)33-14-16-7-5-4-6-8-16/h4-13,26-28,30-31,34,36-38H,14-15H2,1-3H3,(H,33,39). The van der Waals surface area contributed by atoms with E-state index in [4.69, 9.17) is 23.4 Å². The Labute approximate surface area is 252 Å². The average Bonchev–Trinajstić information content (AvgIpc) is 3.05. The van der Waals surface area contributed by atoms with Crippen LogP contribution in [-0.4, -0.2) is 72.1 Å². The van der Waals surface area contributed by atoms with E-state index in [0.29, 0.717) is 17.1 Å². The summed E-state index contributed by atoms with van der Waals surface area (Å²) in [4.78, 5) is 26.6. The van der Waals surface area contributed by atoms with Crippen molar-refractivity contribution >= 4 is 16.9 Å². The zero-order valence-corrected chi connectivity index (χ0v) is 24.2. The fourth-order valence-electron chi connectivity index (χ4n) is 5.36. The molecule has 1 amide bonds. The molecule has 1 aliphatic heterocycles. The van der Waals surface area contributed by atoms with Crippen LogP contribution in [0.4, 0.5) is 0 Å².